The van der Waals surface area contributed by atoms with Crippen molar-refractivity contribution in [1.82, 2.24) is 4.90 Å². The van der Waals surface area contributed by atoms with Crippen LogP contribution in [0.4, 0.5) is 0 Å². The first-order valence-corrected chi connectivity index (χ1v) is 11.9. The van der Waals surface area contributed by atoms with Crippen molar-refractivity contribution in [3.05, 3.63) is 106 Å². The van der Waals surface area contributed by atoms with Gasteiger partial charge in [-0.15, -0.1) is 11.3 Å². The zero-order chi connectivity index (χ0) is 21.1. The molecule has 31 heavy (non-hydrogen) atoms. The highest BCUT2D eigenvalue weighted by Crippen LogP contribution is 2.38. The fraction of sp³-hybridized carbons (Fsp3) is 0.250. The molecule has 2 nitrogen and oxygen atoms in total. The molecule has 154 valence electrons. The molecule has 0 fully saturated rings. The summed E-state index contributed by atoms with van der Waals surface area (Å²) in [5.74, 6) is 0. The van der Waals surface area contributed by atoms with E-state index in [1.807, 2.05) is 47.7 Å². The molecule has 3 heteroatoms. The maximum atomic E-state index is 10.4. The summed E-state index contributed by atoms with van der Waals surface area (Å²) < 4.78 is 1.41. The highest BCUT2D eigenvalue weighted by Gasteiger charge is 2.34. The Kier molecular flexibility index (Phi) is 5.59. The highest BCUT2D eigenvalue weighted by atomic mass is 32.1. The lowest BCUT2D eigenvalue weighted by molar-refractivity contribution is 0.248. The third kappa shape index (κ3) is 3.78. The van der Waals surface area contributed by atoms with Crippen LogP contribution in [0.3, 0.4) is 0 Å². The molecule has 0 unspecified atom stereocenters. The predicted molar refractivity (Wildman–Crippen MR) is 129 cm³/mol. The molecule has 0 saturated heterocycles. The predicted octanol–water partition coefficient (Wildman–Crippen LogP) is 6.55. The van der Waals surface area contributed by atoms with Crippen LogP contribution in [0.25, 0.3) is 10.1 Å². The van der Waals surface area contributed by atoms with Gasteiger partial charge in [-0.3, -0.25) is 4.90 Å². The standard InChI is InChI=1S/C28H26N2S/c29-21-28(22-10-3-1-4-11-22,23-12-5-2-6-13-23)17-9-18-30-19-16-27-25(20-30)24-14-7-8-15-26(24)31-27/h1-8,10-15H,9,16-20H2. The van der Waals surface area contributed by atoms with Gasteiger partial charge in [-0.2, -0.15) is 5.26 Å². The van der Waals surface area contributed by atoms with Crippen molar-refractivity contribution in [2.75, 3.05) is 13.1 Å². The SMILES string of the molecule is N#CC(CCCN1CCc2sc3ccccc3c2C1)(c1ccccc1)c1ccccc1. The topological polar surface area (TPSA) is 27.0 Å². The number of benzene rings is 3. The molecule has 2 heterocycles. The molecule has 1 aliphatic heterocycles. The molecule has 0 atom stereocenters. The van der Waals surface area contributed by atoms with E-state index in [1.54, 1.807) is 4.88 Å². The van der Waals surface area contributed by atoms with Gasteiger partial charge in [0.25, 0.3) is 0 Å². The number of fused-ring (bicyclic) bond motifs is 3. The van der Waals surface area contributed by atoms with Gasteiger partial charge in [0, 0.05) is 22.7 Å². The van der Waals surface area contributed by atoms with E-state index in [0.717, 1.165) is 50.0 Å². The van der Waals surface area contributed by atoms with Gasteiger partial charge in [0.05, 0.1) is 6.07 Å². The van der Waals surface area contributed by atoms with Gasteiger partial charge in [0.1, 0.15) is 5.41 Å². The minimum atomic E-state index is -0.599. The molecule has 0 radical (unpaired) electrons. The van der Waals surface area contributed by atoms with Crippen LogP contribution >= 0.6 is 11.3 Å². The summed E-state index contributed by atoms with van der Waals surface area (Å²) in [6, 6.07) is 32.1. The molecule has 5 rings (SSSR count). The zero-order valence-electron chi connectivity index (χ0n) is 17.6. The largest absolute Gasteiger partial charge is 0.299 e. The van der Waals surface area contributed by atoms with Gasteiger partial charge in [-0.1, -0.05) is 78.9 Å². The lowest BCUT2D eigenvalue weighted by Crippen LogP contribution is -2.32. The average molecular weight is 423 g/mol. The normalized spacial score (nSPS) is 14.3. The molecule has 0 N–H and O–H groups in total. The maximum Gasteiger partial charge on any atom is 0.107 e. The van der Waals surface area contributed by atoms with Crippen molar-refractivity contribution in [1.29, 1.82) is 5.26 Å². The summed E-state index contributed by atoms with van der Waals surface area (Å²) in [4.78, 5) is 4.12. The Morgan fingerprint density at radius 2 is 1.52 bits per heavy atom. The van der Waals surface area contributed by atoms with Crippen molar-refractivity contribution >= 4 is 21.4 Å². The van der Waals surface area contributed by atoms with Crippen molar-refractivity contribution in [3.63, 3.8) is 0 Å². The van der Waals surface area contributed by atoms with Crippen LogP contribution < -0.4 is 0 Å². The second kappa shape index (κ2) is 8.67. The Morgan fingerprint density at radius 1 is 0.871 bits per heavy atom. The van der Waals surface area contributed by atoms with E-state index >= 15 is 0 Å². The highest BCUT2D eigenvalue weighted by molar-refractivity contribution is 7.19. The summed E-state index contributed by atoms with van der Waals surface area (Å²) in [5.41, 5.74) is 3.10. The molecule has 1 aliphatic rings. The molecule has 4 aromatic rings. The number of thiophene rings is 1. The summed E-state index contributed by atoms with van der Waals surface area (Å²) in [6.07, 6.45) is 2.95. The molecule has 0 bridgehead atoms. The molecular weight excluding hydrogens is 396 g/mol. The van der Waals surface area contributed by atoms with E-state index in [4.69, 9.17) is 0 Å². The molecule has 0 spiro atoms. The molecule has 0 amide bonds. The second-order valence-electron chi connectivity index (χ2n) is 8.38. The van der Waals surface area contributed by atoms with Gasteiger partial charge in [0.2, 0.25) is 0 Å². The number of hydrogen-bond donors (Lipinski definition) is 0. The van der Waals surface area contributed by atoms with Crippen LogP contribution in [0.15, 0.2) is 84.9 Å². The summed E-state index contributed by atoms with van der Waals surface area (Å²) in [7, 11) is 0. The van der Waals surface area contributed by atoms with Gasteiger partial charge >= 0.3 is 0 Å². The Labute approximate surface area is 188 Å². The first kappa shape index (κ1) is 20.0. The van der Waals surface area contributed by atoms with Crippen LogP contribution in [0.5, 0.6) is 0 Å². The molecule has 1 aromatic heterocycles. The van der Waals surface area contributed by atoms with Crippen LogP contribution in [-0.2, 0) is 18.4 Å². The Hall–Kier alpha value is -2.93. The van der Waals surface area contributed by atoms with E-state index in [2.05, 4.69) is 59.5 Å². The van der Waals surface area contributed by atoms with E-state index < -0.39 is 5.41 Å². The Morgan fingerprint density at radius 3 is 2.19 bits per heavy atom. The maximum absolute atomic E-state index is 10.4. The first-order chi connectivity index (χ1) is 15.3. The van der Waals surface area contributed by atoms with Gasteiger partial charge < -0.3 is 0 Å². The molecule has 0 saturated carbocycles. The van der Waals surface area contributed by atoms with Crippen LogP contribution in [0.2, 0.25) is 0 Å². The molecule has 3 aromatic carbocycles. The fourth-order valence-corrected chi connectivity index (χ4v) is 6.14. The lowest BCUT2D eigenvalue weighted by atomic mass is 9.72. The number of nitrogens with zero attached hydrogens (tertiary/aromatic N) is 2. The van der Waals surface area contributed by atoms with E-state index in [-0.39, 0.29) is 0 Å². The fourth-order valence-electron chi connectivity index (χ4n) is 4.93. The minimum absolute atomic E-state index is 0.599. The number of nitriles is 1. The summed E-state index contributed by atoms with van der Waals surface area (Å²) >= 11 is 1.96. The second-order valence-corrected chi connectivity index (χ2v) is 9.52. The van der Waals surface area contributed by atoms with Crippen molar-refractivity contribution in [2.45, 2.75) is 31.2 Å². The molecule has 0 aliphatic carbocycles. The van der Waals surface area contributed by atoms with Crippen LogP contribution in [0, 0.1) is 11.3 Å². The average Bonchev–Trinajstić information content (AvgIpc) is 3.21. The van der Waals surface area contributed by atoms with E-state index in [9.17, 15) is 5.26 Å². The Balaban J connectivity index is 1.34. The lowest BCUT2D eigenvalue weighted by Gasteiger charge is -2.31. The zero-order valence-corrected chi connectivity index (χ0v) is 18.4. The van der Waals surface area contributed by atoms with E-state index in [0.29, 0.717) is 0 Å². The number of rotatable bonds is 6. The quantitative estimate of drug-likeness (QED) is 0.352. The third-order valence-electron chi connectivity index (χ3n) is 6.57. The van der Waals surface area contributed by atoms with Crippen LogP contribution in [0.1, 0.15) is 34.4 Å². The van der Waals surface area contributed by atoms with Crippen molar-refractivity contribution < 1.29 is 0 Å². The van der Waals surface area contributed by atoms with Gasteiger partial charge in [-0.25, -0.2) is 0 Å². The van der Waals surface area contributed by atoms with Crippen molar-refractivity contribution in [2.24, 2.45) is 0 Å². The van der Waals surface area contributed by atoms with E-state index in [1.165, 1.54) is 15.6 Å². The Bertz CT molecular complexity index is 1160. The third-order valence-corrected chi connectivity index (χ3v) is 7.84. The molecular formula is C28H26N2S. The number of hydrogen-bond acceptors (Lipinski definition) is 3. The summed E-state index contributed by atoms with van der Waals surface area (Å²) in [6.45, 7) is 3.15. The minimum Gasteiger partial charge on any atom is -0.299 e. The summed E-state index contributed by atoms with van der Waals surface area (Å²) in [5, 5.41) is 11.8. The van der Waals surface area contributed by atoms with Gasteiger partial charge in [-0.05, 0) is 54.0 Å². The van der Waals surface area contributed by atoms with Crippen molar-refractivity contribution in [3.8, 4) is 6.07 Å². The van der Waals surface area contributed by atoms with Gasteiger partial charge in [0.15, 0.2) is 0 Å². The monoisotopic (exact) mass is 422 g/mol. The first-order valence-electron chi connectivity index (χ1n) is 11.0. The van der Waals surface area contributed by atoms with Crippen LogP contribution in [-0.4, -0.2) is 18.0 Å². The smallest absolute Gasteiger partial charge is 0.107 e.